The van der Waals surface area contributed by atoms with Crippen LogP contribution < -0.4 is 5.32 Å². The third kappa shape index (κ3) is 3.64. The van der Waals surface area contributed by atoms with Crippen molar-refractivity contribution < 1.29 is 14.6 Å². The highest BCUT2D eigenvalue weighted by atomic mass is 35.5. The Morgan fingerprint density at radius 1 is 1.41 bits per heavy atom. The average Bonchev–Trinajstić information content (AvgIpc) is 2.29. The number of aliphatic hydroxyl groups is 2. The highest BCUT2D eigenvalue weighted by Crippen LogP contribution is 2.26. The van der Waals surface area contributed by atoms with Crippen molar-refractivity contribution >= 4 is 11.6 Å². The van der Waals surface area contributed by atoms with Gasteiger partial charge in [0.05, 0.1) is 6.10 Å². The zero-order chi connectivity index (χ0) is 13.0. The lowest BCUT2D eigenvalue weighted by molar-refractivity contribution is 0.0120. The maximum atomic E-state index is 13.6. The molecule has 0 aliphatic heterocycles. The van der Waals surface area contributed by atoms with Crippen LogP contribution in [0.25, 0.3) is 0 Å². The van der Waals surface area contributed by atoms with E-state index in [4.69, 9.17) is 11.6 Å². The quantitative estimate of drug-likeness (QED) is 0.758. The van der Waals surface area contributed by atoms with E-state index in [-0.39, 0.29) is 5.56 Å². The van der Waals surface area contributed by atoms with Crippen LogP contribution in [0.3, 0.4) is 0 Å². The van der Waals surface area contributed by atoms with Gasteiger partial charge in [0.1, 0.15) is 11.9 Å². The largest absolute Gasteiger partial charge is 0.390 e. The van der Waals surface area contributed by atoms with Crippen molar-refractivity contribution in [2.45, 2.75) is 25.6 Å². The number of hydrogen-bond acceptors (Lipinski definition) is 3. The molecule has 0 heterocycles. The van der Waals surface area contributed by atoms with Crippen LogP contribution in [0.1, 0.15) is 23.7 Å². The molecule has 17 heavy (non-hydrogen) atoms. The molecule has 0 saturated heterocycles. The minimum Gasteiger partial charge on any atom is -0.390 e. The summed E-state index contributed by atoms with van der Waals surface area (Å²) in [5.41, 5.74) is 0.749. The van der Waals surface area contributed by atoms with Gasteiger partial charge in [-0.25, -0.2) is 4.39 Å². The van der Waals surface area contributed by atoms with Crippen LogP contribution in [0.15, 0.2) is 12.1 Å². The summed E-state index contributed by atoms with van der Waals surface area (Å²) in [4.78, 5) is 0. The van der Waals surface area contributed by atoms with Crippen molar-refractivity contribution in [2.24, 2.45) is 0 Å². The van der Waals surface area contributed by atoms with Gasteiger partial charge in [0, 0.05) is 10.6 Å². The van der Waals surface area contributed by atoms with E-state index in [1.807, 2.05) is 0 Å². The van der Waals surface area contributed by atoms with Crippen LogP contribution in [-0.2, 0) is 0 Å². The summed E-state index contributed by atoms with van der Waals surface area (Å²) in [6.07, 6.45) is -1.89. The molecule has 0 aromatic heterocycles. The van der Waals surface area contributed by atoms with E-state index >= 15 is 0 Å². The van der Waals surface area contributed by atoms with Crippen molar-refractivity contribution in [1.29, 1.82) is 0 Å². The first kappa shape index (κ1) is 14.4. The van der Waals surface area contributed by atoms with Crippen molar-refractivity contribution in [2.75, 3.05) is 13.6 Å². The lowest BCUT2D eigenvalue weighted by Gasteiger charge is -2.19. The fourth-order valence-electron chi connectivity index (χ4n) is 1.56. The molecule has 0 fully saturated rings. The Balaban J connectivity index is 2.88. The van der Waals surface area contributed by atoms with Crippen LogP contribution in [-0.4, -0.2) is 29.9 Å². The molecule has 0 spiro atoms. The number of halogens is 2. The minimum absolute atomic E-state index is 0.0792. The standard InChI is InChI=1S/C12H17ClFNO2/c1-7-5-8(10(14)6-9(7)13)12(17)11(16)3-4-15-2/h5-6,11-12,15-17H,3-4H2,1-2H3. The fourth-order valence-corrected chi connectivity index (χ4v) is 1.71. The molecule has 3 nitrogen and oxygen atoms in total. The molecule has 1 aromatic carbocycles. The lowest BCUT2D eigenvalue weighted by atomic mass is 10.00. The van der Waals surface area contributed by atoms with Crippen LogP contribution in [0.2, 0.25) is 5.02 Å². The normalized spacial score (nSPS) is 14.7. The highest BCUT2D eigenvalue weighted by molar-refractivity contribution is 6.31. The van der Waals surface area contributed by atoms with E-state index in [2.05, 4.69) is 5.32 Å². The Bertz CT molecular complexity index is 387. The molecule has 0 saturated carbocycles. The second-order valence-electron chi connectivity index (χ2n) is 4.03. The van der Waals surface area contributed by atoms with Crippen LogP contribution in [0.4, 0.5) is 4.39 Å². The monoisotopic (exact) mass is 261 g/mol. The van der Waals surface area contributed by atoms with Crippen LogP contribution >= 0.6 is 11.6 Å². The summed E-state index contributed by atoms with van der Waals surface area (Å²) < 4.78 is 13.6. The van der Waals surface area contributed by atoms with Crippen LogP contribution in [0.5, 0.6) is 0 Å². The summed E-state index contributed by atoms with van der Waals surface area (Å²) in [6, 6.07) is 2.62. The maximum Gasteiger partial charge on any atom is 0.130 e. The molecule has 2 atom stereocenters. The molecular weight excluding hydrogens is 245 g/mol. The van der Waals surface area contributed by atoms with Crippen molar-refractivity contribution in [3.8, 4) is 0 Å². The van der Waals surface area contributed by atoms with Gasteiger partial charge in [-0.2, -0.15) is 0 Å². The molecule has 0 amide bonds. The third-order valence-electron chi connectivity index (χ3n) is 2.65. The summed E-state index contributed by atoms with van der Waals surface area (Å²) in [7, 11) is 1.74. The predicted molar refractivity (Wildman–Crippen MR) is 65.7 cm³/mol. The highest BCUT2D eigenvalue weighted by Gasteiger charge is 2.21. The number of aryl methyl sites for hydroxylation is 1. The molecule has 0 bridgehead atoms. The van der Waals surface area contributed by atoms with Gasteiger partial charge >= 0.3 is 0 Å². The van der Waals surface area contributed by atoms with E-state index < -0.39 is 18.0 Å². The molecule has 96 valence electrons. The topological polar surface area (TPSA) is 52.5 Å². The maximum absolute atomic E-state index is 13.6. The number of hydrogen-bond donors (Lipinski definition) is 3. The zero-order valence-electron chi connectivity index (χ0n) is 9.87. The molecule has 1 aromatic rings. The van der Waals surface area contributed by atoms with Gasteiger partial charge in [-0.1, -0.05) is 11.6 Å². The molecular formula is C12H17ClFNO2. The molecule has 5 heteroatoms. The van der Waals surface area contributed by atoms with Crippen LogP contribution in [0, 0.1) is 12.7 Å². The zero-order valence-corrected chi connectivity index (χ0v) is 10.6. The number of nitrogens with one attached hydrogen (secondary N) is 1. The van der Waals surface area contributed by atoms with E-state index in [1.54, 1.807) is 14.0 Å². The SMILES string of the molecule is CNCCC(O)C(O)c1cc(C)c(Cl)cc1F. The van der Waals surface area contributed by atoms with E-state index in [0.29, 0.717) is 23.6 Å². The summed E-state index contributed by atoms with van der Waals surface area (Å²) >= 11 is 5.76. The first-order chi connectivity index (χ1) is 7.97. The Kier molecular flexibility index (Phi) is 5.33. The van der Waals surface area contributed by atoms with E-state index in [1.165, 1.54) is 6.07 Å². The predicted octanol–water partition coefficient (Wildman–Crippen LogP) is 1.79. The first-order valence-electron chi connectivity index (χ1n) is 5.43. The molecule has 1 rings (SSSR count). The van der Waals surface area contributed by atoms with Gasteiger partial charge in [-0.3, -0.25) is 0 Å². The molecule has 2 unspecified atom stereocenters. The van der Waals surface area contributed by atoms with Crippen molar-refractivity contribution in [1.82, 2.24) is 5.32 Å². The second kappa shape index (κ2) is 6.31. The third-order valence-corrected chi connectivity index (χ3v) is 3.06. The summed E-state index contributed by atoms with van der Waals surface area (Å²) in [5.74, 6) is -0.600. The van der Waals surface area contributed by atoms with Gasteiger partial charge in [0.15, 0.2) is 0 Å². The van der Waals surface area contributed by atoms with Crippen molar-refractivity contribution in [3.63, 3.8) is 0 Å². The lowest BCUT2D eigenvalue weighted by Crippen LogP contribution is -2.24. The first-order valence-corrected chi connectivity index (χ1v) is 5.81. The van der Waals surface area contributed by atoms with Gasteiger partial charge < -0.3 is 15.5 Å². The van der Waals surface area contributed by atoms with Gasteiger partial charge in [0.2, 0.25) is 0 Å². The number of rotatable bonds is 5. The molecule has 3 N–H and O–H groups in total. The Hall–Kier alpha value is -0.680. The Labute approximate surface area is 105 Å². The fraction of sp³-hybridized carbons (Fsp3) is 0.500. The summed E-state index contributed by atoms with van der Waals surface area (Å²) in [5, 5.41) is 22.7. The Morgan fingerprint density at radius 2 is 2.06 bits per heavy atom. The smallest absolute Gasteiger partial charge is 0.130 e. The van der Waals surface area contributed by atoms with Gasteiger partial charge in [-0.15, -0.1) is 0 Å². The second-order valence-corrected chi connectivity index (χ2v) is 4.43. The Morgan fingerprint density at radius 3 is 2.65 bits per heavy atom. The van der Waals surface area contributed by atoms with E-state index in [0.717, 1.165) is 6.07 Å². The van der Waals surface area contributed by atoms with E-state index in [9.17, 15) is 14.6 Å². The molecule has 0 aliphatic rings. The molecule has 0 aliphatic carbocycles. The van der Waals surface area contributed by atoms with Gasteiger partial charge in [0.25, 0.3) is 0 Å². The molecule has 0 radical (unpaired) electrons. The number of aliphatic hydroxyl groups excluding tert-OH is 2. The van der Waals surface area contributed by atoms with Crippen molar-refractivity contribution in [3.05, 3.63) is 34.1 Å². The average molecular weight is 262 g/mol. The number of benzene rings is 1. The van der Waals surface area contributed by atoms with Gasteiger partial charge in [-0.05, 0) is 44.6 Å². The minimum atomic E-state index is -1.24. The summed E-state index contributed by atoms with van der Waals surface area (Å²) in [6.45, 7) is 2.27.